The van der Waals surface area contributed by atoms with Gasteiger partial charge in [-0.25, -0.2) is 23.2 Å². The molecule has 0 radical (unpaired) electrons. The van der Waals surface area contributed by atoms with E-state index in [-0.39, 0.29) is 33.2 Å². The second kappa shape index (κ2) is 28.4. The normalized spacial score (nSPS) is 12.7. The number of aliphatic imine (C=N–C) groups is 1. The van der Waals surface area contributed by atoms with Crippen LogP contribution in [-0.4, -0.2) is 88.2 Å². The van der Waals surface area contributed by atoms with E-state index in [9.17, 15) is 70.5 Å². The van der Waals surface area contributed by atoms with E-state index in [1.165, 1.54) is 95.9 Å². The summed E-state index contributed by atoms with van der Waals surface area (Å²) < 4.78 is 83.4. The molecule has 9 rings (SSSR count). The lowest BCUT2D eigenvalue weighted by Gasteiger charge is -2.08. The van der Waals surface area contributed by atoms with Gasteiger partial charge in [-0.2, -0.15) is 22.1 Å². The van der Waals surface area contributed by atoms with Crippen LogP contribution in [0.4, 0.5) is 28.4 Å². The number of aromatic nitrogens is 2. The standard InChI is InChI=1S/C18H13N3O7S3.C15H9N3O5S2.C7H6ClNO4S.C7H8N2O2.CH2Cl2/c1-9-2-5-15(13(6-9)21(24)25)31(26,27)28-10-3-4-11-14(7-10)30-17(19-11)16-20-12(8-29-16)18(22)23;1-9-2-5-14(12(6-9)18(19)20)25(21,22)23-10-3-4-11-13(7-10)24-15(8-16)17-11;1-5-2-3-7(14(8,12)13)6(4-5)9(10)11;1-5-2-3-6(8)7(4-5)9(10)11;2-1-3/h2-7,12H,8H2,1H3,(H,22,23);2-7H,1H3;2-4H,1H3;2-4H,8H2,1H3;1H2/t12-;;;;/m1..../s1. The number of alkyl halides is 2. The number of fused-ring (bicyclic) bond motifs is 2. The SMILES string of the molecule is Cc1ccc(N)c([N+](=O)[O-])c1.Cc1ccc(S(=O)(=O)Cl)c([N+](=O)[O-])c1.Cc1ccc(S(=O)(=O)Oc2ccc3nc(C#N)sc3c2)c([N+](=O)[O-])c1.Cc1ccc(S(=O)(=O)Oc2ccc3nc(C4=N[C@@H](C(=O)O)CS4)sc3c2)c([N+](=O)[O-])c1.ClCCl. The van der Waals surface area contributed by atoms with Crippen LogP contribution in [0.3, 0.4) is 0 Å². The number of nitro groups is 4. The van der Waals surface area contributed by atoms with Crippen LogP contribution >= 0.6 is 68.3 Å². The Morgan fingerprint density at radius 1 is 0.643 bits per heavy atom. The minimum absolute atomic E-state index is 0.0180. The summed E-state index contributed by atoms with van der Waals surface area (Å²) in [6.45, 7) is 6.64. The Labute approximate surface area is 502 Å². The molecular weight excluding hydrogens is 1290 g/mol. The van der Waals surface area contributed by atoms with Crippen LogP contribution < -0.4 is 14.1 Å². The van der Waals surface area contributed by atoms with Gasteiger partial charge in [0.25, 0.3) is 31.8 Å². The molecule has 0 unspecified atom stereocenters. The topological polar surface area (TPSA) is 419 Å². The number of aliphatic carboxylic acids is 1. The van der Waals surface area contributed by atoms with Crippen LogP contribution in [0.1, 0.15) is 32.3 Å². The van der Waals surface area contributed by atoms with Gasteiger partial charge in [-0.15, -0.1) is 57.6 Å². The van der Waals surface area contributed by atoms with Crippen molar-refractivity contribution in [3.8, 4) is 17.6 Å². The first-order valence-corrected chi connectivity index (χ1v) is 31.5. The van der Waals surface area contributed by atoms with Crippen LogP contribution in [0.5, 0.6) is 11.5 Å². The second-order valence-corrected chi connectivity index (χ2v) is 26.1. The number of nitrogens with two attached hydrogens (primary N) is 1. The third-order valence-corrected chi connectivity index (χ3v) is 17.6. The minimum atomic E-state index is -4.45. The molecule has 27 nitrogen and oxygen atoms in total. The number of benzene rings is 6. The van der Waals surface area contributed by atoms with Crippen LogP contribution in [0.2, 0.25) is 0 Å². The molecule has 3 heterocycles. The van der Waals surface area contributed by atoms with E-state index in [0.29, 0.717) is 52.9 Å². The number of hydrogen-bond acceptors (Lipinski definition) is 25. The van der Waals surface area contributed by atoms with E-state index < -0.39 is 92.7 Å². The summed E-state index contributed by atoms with van der Waals surface area (Å²) >= 11 is 13.1. The Bertz CT molecular complexity index is 4330. The number of anilines is 1. The van der Waals surface area contributed by atoms with Gasteiger partial charge in [-0.1, -0.05) is 24.3 Å². The van der Waals surface area contributed by atoms with Crippen molar-refractivity contribution in [2.24, 2.45) is 4.99 Å². The average molecular weight is 1330 g/mol. The number of nitriles is 1. The highest BCUT2D eigenvalue weighted by atomic mass is 35.7. The first kappa shape index (κ1) is 66.6. The van der Waals surface area contributed by atoms with E-state index in [0.717, 1.165) is 41.2 Å². The van der Waals surface area contributed by atoms with Gasteiger partial charge in [0.2, 0.25) is 0 Å². The number of aryl methyl sites for hydroxylation is 4. The first-order valence-electron chi connectivity index (χ1n) is 22.6. The number of thioether (sulfide) groups is 1. The lowest BCUT2D eigenvalue weighted by molar-refractivity contribution is -0.388. The largest absolute Gasteiger partial charge is 0.480 e. The molecule has 6 aromatic carbocycles. The number of nitrogen functional groups attached to an aromatic ring is 1. The summed E-state index contributed by atoms with van der Waals surface area (Å²) in [5.41, 5.74) is 7.55. The summed E-state index contributed by atoms with van der Waals surface area (Å²) in [7, 11) is -7.88. The molecule has 0 saturated carbocycles. The molecule has 3 N–H and O–H groups in total. The molecule has 1 aliphatic heterocycles. The molecule has 1 atom stereocenters. The summed E-state index contributed by atoms with van der Waals surface area (Å²) in [6, 6.07) is 25.8. The van der Waals surface area contributed by atoms with Crippen molar-refractivity contribution >= 4 is 157 Å². The number of nitro benzene ring substituents is 4. The molecule has 2 aromatic heterocycles. The lowest BCUT2D eigenvalue weighted by Crippen LogP contribution is -2.17. The quantitative estimate of drug-likeness (QED) is 0.0270. The van der Waals surface area contributed by atoms with Crippen molar-refractivity contribution < 1.29 is 63.2 Å². The highest BCUT2D eigenvalue weighted by Gasteiger charge is 2.31. The van der Waals surface area contributed by atoms with E-state index >= 15 is 0 Å². The molecule has 0 aliphatic carbocycles. The fourth-order valence-electron chi connectivity index (χ4n) is 6.76. The number of carboxylic acids is 1. The minimum Gasteiger partial charge on any atom is -0.480 e. The molecular formula is C48H38Cl3N9O18S6. The Morgan fingerprint density at radius 2 is 1.04 bits per heavy atom. The van der Waals surface area contributed by atoms with Gasteiger partial charge >= 0.3 is 26.2 Å². The fourth-order valence-corrected chi connectivity index (χ4v) is 12.8. The highest BCUT2D eigenvalue weighted by molar-refractivity contribution is 8.15. The predicted molar refractivity (Wildman–Crippen MR) is 315 cm³/mol. The van der Waals surface area contributed by atoms with Gasteiger partial charge in [0.1, 0.15) is 33.3 Å². The predicted octanol–water partition coefficient (Wildman–Crippen LogP) is 11.1. The number of carbonyl (C=O) groups is 1. The molecule has 0 bridgehead atoms. The smallest absolute Gasteiger partial charge is 0.346 e. The third-order valence-electron chi connectivity index (χ3n) is 10.5. The van der Waals surface area contributed by atoms with E-state index in [1.807, 2.05) is 6.07 Å². The highest BCUT2D eigenvalue weighted by Crippen LogP contribution is 2.35. The maximum Gasteiger partial charge on any atom is 0.346 e. The molecule has 36 heteroatoms. The Morgan fingerprint density at radius 3 is 1.43 bits per heavy atom. The maximum absolute atomic E-state index is 12.7. The Balaban J connectivity index is 0.000000216. The number of thiazole rings is 2. The molecule has 0 saturated heterocycles. The molecule has 84 heavy (non-hydrogen) atoms. The van der Waals surface area contributed by atoms with Crippen molar-refractivity contribution in [2.45, 2.75) is 48.4 Å². The molecule has 440 valence electrons. The third kappa shape index (κ3) is 17.7. The lowest BCUT2D eigenvalue weighted by atomic mass is 10.2. The van der Waals surface area contributed by atoms with Crippen molar-refractivity contribution in [3.05, 3.63) is 182 Å². The van der Waals surface area contributed by atoms with Gasteiger partial charge < -0.3 is 19.2 Å². The van der Waals surface area contributed by atoms with Gasteiger partial charge in [0, 0.05) is 52.8 Å². The number of carboxylic acid groups (broad SMARTS) is 1. The van der Waals surface area contributed by atoms with Gasteiger partial charge in [0.05, 0.1) is 45.5 Å². The first-order chi connectivity index (χ1) is 39.3. The second-order valence-electron chi connectivity index (χ2n) is 16.6. The summed E-state index contributed by atoms with van der Waals surface area (Å²) in [5.74, 6) is -0.727. The van der Waals surface area contributed by atoms with Gasteiger partial charge in [-0.3, -0.25) is 45.4 Å². The van der Waals surface area contributed by atoms with Crippen LogP contribution in [-0.2, 0) is 34.1 Å². The molecule has 8 aromatic rings. The van der Waals surface area contributed by atoms with Crippen molar-refractivity contribution in [1.29, 1.82) is 5.26 Å². The number of halogens is 3. The molecule has 1 aliphatic rings. The van der Waals surface area contributed by atoms with E-state index in [2.05, 4.69) is 15.0 Å². The van der Waals surface area contributed by atoms with E-state index in [1.54, 1.807) is 39.8 Å². The van der Waals surface area contributed by atoms with Gasteiger partial charge in [-0.05, 0) is 98.5 Å². The van der Waals surface area contributed by atoms with Crippen molar-refractivity contribution in [3.63, 3.8) is 0 Å². The van der Waals surface area contributed by atoms with E-state index in [4.69, 9.17) is 58.4 Å². The average Bonchev–Trinajstić information content (AvgIpc) is 4.34. The summed E-state index contributed by atoms with van der Waals surface area (Å²) in [6.07, 6.45) is 0. The van der Waals surface area contributed by atoms with Crippen LogP contribution in [0, 0.1) is 79.5 Å². The van der Waals surface area contributed by atoms with Crippen molar-refractivity contribution in [2.75, 3.05) is 16.8 Å². The zero-order valence-corrected chi connectivity index (χ0v) is 50.2. The van der Waals surface area contributed by atoms with Gasteiger partial charge in [0.15, 0.2) is 25.7 Å². The maximum atomic E-state index is 12.7. The molecule has 0 amide bonds. The van der Waals surface area contributed by atoms with Crippen LogP contribution in [0.25, 0.3) is 20.4 Å². The molecule has 0 fully saturated rings. The number of nitrogens with zero attached hydrogens (tertiary/aromatic N) is 8. The number of hydrogen-bond donors (Lipinski definition) is 2. The fraction of sp³-hybridized carbons (Fsp3) is 0.146. The summed E-state index contributed by atoms with van der Waals surface area (Å²) in [4.78, 5) is 62.5. The monoisotopic (exact) mass is 1320 g/mol. The Hall–Kier alpha value is -8.20. The zero-order chi connectivity index (χ0) is 62.6. The van der Waals surface area contributed by atoms with Crippen LogP contribution in [0.15, 0.2) is 129 Å². The Kier molecular flexibility index (Phi) is 22.5. The zero-order valence-electron chi connectivity index (χ0n) is 43.0. The van der Waals surface area contributed by atoms with Crippen molar-refractivity contribution in [1.82, 2.24) is 9.97 Å². The number of rotatable bonds is 13. The molecule has 0 spiro atoms. The summed E-state index contributed by atoms with van der Waals surface area (Å²) in [5, 5.41) is 62.6.